The first-order valence-corrected chi connectivity index (χ1v) is 11.7. The molecular weight excluding hydrogens is 514 g/mol. The molecule has 4 rings (SSSR count). The molecule has 1 aliphatic rings. The highest BCUT2D eigenvalue weighted by atomic mass is 35.5. The largest absolute Gasteiger partial charge is 0.486 e. The Kier molecular flexibility index (Phi) is 7.45. The first kappa shape index (κ1) is 24.8. The zero-order valence-electron chi connectivity index (χ0n) is 18.2. The quantitative estimate of drug-likeness (QED) is 0.361. The summed E-state index contributed by atoms with van der Waals surface area (Å²) >= 11 is 13.9. The van der Waals surface area contributed by atoms with Crippen molar-refractivity contribution in [1.82, 2.24) is 4.90 Å². The van der Waals surface area contributed by atoms with E-state index in [-0.39, 0.29) is 39.7 Å². The van der Waals surface area contributed by atoms with Crippen molar-refractivity contribution in [3.8, 4) is 5.75 Å². The van der Waals surface area contributed by atoms with E-state index in [1.165, 1.54) is 29.2 Å². The summed E-state index contributed by atoms with van der Waals surface area (Å²) in [5.41, 5.74) is 1.72. The molecule has 0 atom stereocenters. The molecule has 0 bridgehead atoms. The summed E-state index contributed by atoms with van der Waals surface area (Å²) in [5, 5.41) is 10.0. The van der Waals surface area contributed by atoms with Crippen LogP contribution < -0.4 is 4.74 Å². The van der Waals surface area contributed by atoms with Crippen LogP contribution in [0.4, 0.5) is 10.1 Å². The van der Waals surface area contributed by atoms with Crippen LogP contribution >= 0.6 is 35.0 Å². The van der Waals surface area contributed by atoms with Gasteiger partial charge in [-0.05, 0) is 71.4 Å². The van der Waals surface area contributed by atoms with Crippen LogP contribution in [-0.2, 0) is 11.4 Å². The Morgan fingerprint density at radius 2 is 1.86 bits per heavy atom. The maximum absolute atomic E-state index is 13.4. The predicted molar refractivity (Wildman–Crippen MR) is 136 cm³/mol. The molecule has 1 heterocycles. The third-order valence-electron chi connectivity index (χ3n) is 4.91. The maximum atomic E-state index is 13.4. The number of hydrogen-bond donors (Lipinski definition) is 1. The van der Waals surface area contributed by atoms with Gasteiger partial charge >= 0.3 is 5.97 Å². The molecule has 35 heavy (non-hydrogen) atoms. The highest BCUT2D eigenvalue weighted by Crippen LogP contribution is 2.38. The van der Waals surface area contributed by atoms with Crippen LogP contribution in [0.3, 0.4) is 0 Å². The number of carboxylic acid groups (broad SMARTS) is 1. The fourth-order valence-electron chi connectivity index (χ4n) is 3.20. The van der Waals surface area contributed by atoms with Crippen molar-refractivity contribution in [3.63, 3.8) is 0 Å². The monoisotopic (exact) mass is 530 g/mol. The van der Waals surface area contributed by atoms with Gasteiger partial charge in [0.15, 0.2) is 10.9 Å². The molecule has 0 spiro atoms. The lowest BCUT2D eigenvalue weighted by Crippen LogP contribution is -2.23. The van der Waals surface area contributed by atoms with Crippen molar-refractivity contribution in [1.29, 1.82) is 0 Å². The molecule has 1 saturated heterocycles. The second kappa shape index (κ2) is 10.5. The van der Waals surface area contributed by atoms with E-state index in [0.29, 0.717) is 26.9 Å². The number of carbonyl (C=O) groups is 2. The minimum atomic E-state index is -1.06. The van der Waals surface area contributed by atoms with Gasteiger partial charge in [0.2, 0.25) is 0 Å². The number of nitrogens with zero attached hydrogens (tertiary/aromatic N) is 2. The summed E-state index contributed by atoms with van der Waals surface area (Å²) in [4.78, 5) is 30.1. The molecule has 1 N–H and O–H groups in total. The number of thioether (sulfide) groups is 1. The average molecular weight is 531 g/mol. The zero-order valence-corrected chi connectivity index (χ0v) is 20.5. The van der Waals surface area contributed by atoms with Gasteiger partial charge in [0, 0.05) is 7.05 Å². The Hall–Kier alpha value is -3.33. The summed E-state index contributed by atoms with van der Waals surface area (Å²) in [6, 6.07) is 15.4. The molecule has 10 heteroatoms. The number of likely N-dealkylation sites (N-methyl/N-ethyl adjacent to an activating group) is 1. The zero-order chi connectivity index (χ0) is 25.1. The lowest BCUT2D eigenvalue weighted by molar-refractivity contribution is -0.121. The number of carboxylic acids is 1. The molecule has 6 nitrogen and oxygen atoms in total. The highest BCUT2D eigenvalue weighted by Gasteiger charge is 2.30. The number of ether oxygens (including phenoxy) is 1. The third kappa shape index (κ3) is 5.85. The Labute approximate surface area is 214 Å². The molecule has 0 aromatic heterocycles. The summed E-state index contributed by atoms with van der Waals surface area (Å²) in [6.07, 6.45) is 1.63. The number of amidine groups is 1. The molecule has 1 aliphatic heterocycles. The number of carbonyl (C=O) groups excluding carboxylic acids is 1. The number of halogens is 3. The molecule has 0 unspecified atom stereocenters. The molecule has 1 fully saturated rings. The van der Waals surface area contributed by atoms with Gasteiger partial charge in [-0.25, -0.2) is 14.2 Å². The number of rotatable bonds is 6. The van der Waals surface area contributed by atoms with Crippen LogP contribution in [-0.4, -0.2) is 34.1 Å². The lowest BCUT2D eigenvalue weighted by Gasteiger charge is -2.11. The number of amides is 1. The predicted octanol–water partition coefficient (Wildman–Crippen LogP) is 6.64. The molecular formula is C25H17Cl2FN2O4S. The van der Waals surface area contributed by atoms with Gasteiger partial charge in [0.1, 0.15) is 12.4 Å². The Morgan fingerprint density at radius 3 is 2.54 bits per heavy atom. The summed E-state index contributed by atoms with van der Waals surface area (Å²) in [5.74, 6) is -1.45. The summed E-state index contributed by atoms with van der Waals surface area (Å²) in [7, 11) is 1.58. The first-order valence-electron chi connectivity index (χ1n) is 10.2. The van der Waals surface area contributed by atoms with Crippen molar-refractivity contribution in [2.45, 2.75) is 6.61 Å². The van der Waals surface area contributed by atoms with Crippen LogP contribution in [0, 0.1) is 5.82 Å². The fourth-order valence-corrected chi connectivity index (χ4v) is 4.80. The van der Waals surface area contributed by atoms with Crippen LogP contribution in [0.25, 0.3) is 6.08 Å². The van der Waals surface area contributed by atoms with Crippen LogP contribution in [0.1, 0.15) is 21.5 Å². The van der Waals surface area contributed by atoms with Crippen LogP contribution in [0.5, 0.6) is 5.75 Å². The maximum Gasteiger partial charge on any atom is 0.335 e. The van der Waals surface area contributed by atoms with Gasteiger partial charge in [0.25, 0.3) is 5.91 Å². The van der Waals surface area contributed by atoms with Gasteiger partial charge in [-0.2, -0.15) is 0 Å². The van der Waals surface area contributed by atoms with Crippen molar-refractivity contribution in [3.05, 3.63) is 98.1 Å². The number of aliphatic imine (C=N–C) groups is 1. The average Bonchev–Trinajstić information content (AvgIpc) is 3.06. The Balaban J connectivity index is 1.54. The molecule has 0 radical (unpaired) electrons. The molecule has 0 aliphatic carbocycles. The highest BCUT2D eigenvalue weighted by molar-refractivity contribution is 8.18. The molecule has 3 aromatic carbocycles. The van der Waals surface area contributed by atoms with E-state index in [9.17, 15) is 14.0 Å². The van der Waals surface area contributed by atoms with Crippen molar-refractivity contribution in [2.75, 3.05) is 7.05 Å². The van der Waals surface area contributed by atoms with E-state index in [2.05, 4.69) is 4.99 Å². The SMILES string of the molecule is CN1C(=O)/C(=C/c2cc(Cl)c(OCc3cccc(F)c3)c(Cl)c2)SC1=Nc1cccc(C(=O)O)c1. The Morgan fingerprint density at radius 1 is 1.14 bits per heavy atom. The summed E-state index contributed by atoms with van der Waals surface area (Å²) < 4.78 is 19.1. The van der Waals surface area contributed by atoms with E-state index in [0.717, 1.165) is 11.8 Å². The molecule has 178 valence electrons. The number of hydrogen-bond acceptors (Lipinski definition) is 5. The summed E-state index contributed by atoms with van der Waals surface area (Å²) in [6.45, 7) is 0.0830. The first-order chi connectivity index (χ1) is 16.7. The van der Waals surface area contributed by atoms with Gasteiger partial charge in [-0.1, -0.05) is 41.4 Å². The number of benzene rings is 3. The second-order valence-electron chi connectivity index (χ2n) is 7.46. The van der Waals surface area contributed by atoms with E-state index in [1.54, 1.807) is 49.5 Å². The normalized spacial score (nSPS) is 15.8. The van der Waals surface area contributed by atoms with E-state index < -0.39 is 5.97 Å². The minimum Gasteiger partial charge on any atom is -0.486 e. The van der Waals surface area contributed by atoms with Crippen LogP contribution in [0.2, 0.25) is 10.0 Å². The Bertz CT molecular complexity index is 1370. The van der Waals surface area contributed by atoms with Crippen molar-refractivity contribution in [2.24, 2.45) is 4.99 Å². The smallest absolute Gasteiger partial charge is 0.335 e. The van der Waals surface area contributed by atoms with Crippen molar-refractivity contribution < 1.29 is 23.8 Å². The standard InChI is InChI=1S/C25H17Cl2FN2O4S/c1-30-23(31)21(35-25(30)29-18-7-3-5-16(12-18)24(32)33)11-15-9-19(26)22(20(27)10-15)34-13-14-4-2-6-17(28)8-14/h2-12H,13H2,1H3,(H,32,33)/b21-11-,29-25?. The number of aromatic carboxylic acids is 1. The fraction of sp³-hybridized carbons (Fsp3) is 0.0800. The third-order valence-corrected chi connectivity index (χ3v) is 6.53. The van der Waals surface area contributed by atoms with E-state index >= 15 is 0 Å². The molecule has 0 saturated carbocycles. The van der Waals surface area contributed by atoms with Gasteiger partial charge in [-0.15, -0.1) is 0 Å². The van der Waals surface area contributed by atoms with E-state index in [1.807, 2.05) is 0 Å². The second-order valence-corrected chi connectivity index (χ2v) is 9.28. The minimum absolute atomic E-state index is 0.0830. The van der Waals surface area contributed by atoms with E-state index in [4.69, 9.17) is 33.0 Å². The topological polar surface area (TPSA) is 79.2 Å². The lowest BCUT2D eigenvalue weighted by atomic mass is 10.2. The van der Waals surface area contributed by atoms with Crippen LogP contribution in [0.15, 0.2) is 70.6 Å². The van der Waals surface area contributed by atoms with Gasteiger partial charge in [0.05, 0.1) is 26.2 Å². The van der Waals surface area contributed by atoms with Gasteiger partial charge < -0.3 is 9.84 Å². The van der Waals surface area contributed by atoms with Gasteiger partial charge in [-0.3, -0.25) is 9.69 Å². The van der Waals surface area contributed by atoms with Crippen molar-refractivity contribution >= 4 is 63.8 Å². The molecule has 3 aromatic rings. The molecule has 1 amide bonds.